The zero-order chi connectivity index (χ0) is 15.2. The van der Waals surface area contributed by atoms with Crippen LogP contribution in [0.3, 0.4) is 0 Å². The predicted octanol–water partition coefficient (Wildman–Crippen LogP) is 1.71. The molecule has 0 spiro atoms. The first-order chi connectivity index (χ1) is 9.91. The topological polar surface area (TPSA) is 80.3 Å². The highest BCUT2D eigenvalue weighted by Crippen LogP contribution is 2.28. The highest BCUT2D eigenvalue weighted by atomic mass is 32.2. The van der Waals surface area contributed by atoms with Gasteiger partial charge in [0.15, 0.2) is 0 Å². The molecule has 1 aliphatic heterocycles. The van der Waals surface area contributed by atoms with E-state index >= 15 is 0 Å². The van der Waals surface area contributed by atoms with Crippen LogP contribution < -0.4 is 5.32 Å². The van der Waals surface area contributed by atoms with Gasteiger partial charge >= 0.3 is 0 Å². The van der Waals surface area contributed by atoms with Crippen LogP contribution >= 0.6 is 0 Å². The molecule has 0 bridgehead atoms. The zero-order valence-corrected chi connectivity index (χ0v) is 11.9. The van der Waals surface area contributed by atoms with Gasteiger partial charge in [0.1, 0.15) is 0 Å². The van der Waals surface area contributed by atoms with Gasteiger partial charge in [-0.25, -0.2) is 8.42 Å². The van der Waals surface area contributed by atoms with Crippen molar-refractivity contribution in [3.05, 3.63) is 59.2 Å². The largest absolute Gasteiger partial charge is 0.288 e. The molecule has 0 radical (unpaired) electrons. The molecule has 2 aromatic rings. The molecule has 0 aliphatic carbocycles. The highest BCUT2D eigenvalue weighted by Gasteiger charge is 2.34. The number of sulfone groups is 1. The maximum atomic E-state index is 12.7. The van der Waals surface area contributed by atoms with Crippen molar-refractivity contribution in [3.63, 3.8) is 0 Å². The van der Waals surface area contributed by atoms with Crippen molar-refractivity contribution in [2.24, 2.45) is 0 Å². The second-order valence-electron chi connectivity index (χ2n) is 4.78. The quantitative estimate of drug-likeness (QED) is 0.856. The molecule has 1 N–H and O–H groups in total. The number of nitrogens with one attached hydrogen (secondary N) is 1. The minimum Gasteiger partial charge on any atom is -0.288 e. The number of imide groups is 1. The first-order valence-electron chi connectivity index (χ1n) is 6.22. The molecular weight excluding hydrogens is 290 g/mol. The molecule has 0 saturated heterocycles. The van der Waals surface area contributed by atoms with Crippen LogP contribution in [0.15, 0.2) is 52.3 Å². The Hall–Kier alpha value is -2.47. The monoisotopic (exact) mass is 301 g/mol. The maximum Gasteiger partial charge on any atom is 0.260 e. The SMILES string of the molecule is Cc1ccc(S(=O)(=O)c2cccc3c2C(=O)NC3=O)cc1. The normalized spacial score (nSPS) is 14.0. The van der Waals surface area contributed by atoms with Crippen molar-refractivity contribution in [1.29, 1.82) is 0 Å². The number of rotatable bonds is 2. The average Bonchev–Trinajstić information content (AvgIpc) is 2.75. The van der Waals surface area contributed by atoms with E-state index in [-0.39, 0.29) is 20.9 Å². The Bertz CT molecular complexity index is 867. The Labute approximate surface area is 121 Å². The molecular formula is C15H11NO4S. The Morgan fingerprint density at radius 3 is 2.24 bits per heavy atom. The average molecular weight is 301 g/mol. The van der Waals surface area contributed by atoms with Crippen LogP contribution in [0.4, 0.5) is 0 Å². The lowest BCUT2D eigenvalue weighted by Gasteiger charge is -2.08. The smallest absolute Gasteiger partial charge is 0.260 e. The first kappa shape index (κ1) is 13.5. The second kappa shape index (κ2) is 4.53. The molecule has 106 valence electrons. The second-order valence-corrected chi connectivity index (χ2v) is 6.70. The van der Waals surface area contributed by atoms with Gasteiger partial charge in [0.2, 0.25) is 9.84 Å². The number of benzene rings is 2. The van der Waals surface area contributed by atoms with Gasteiger partial charge in [-0.05, 0) is 31.2 Å². The lowest BCUT2D eigenvalue weighted by Crippen LogP contribution is -2.20. The van der Waals surface area contributed by atoms with Crippen LogP contribution in [0, 0.1) is 6.92 Å². The van der Waals surface area contributed by atoms with E-state index in [4.69, 9.17) is 0 Å². The van der Waals surface area contributed by atoms with Gasteiger partial charge < -0.3 is 0 Å². The van der Waals surface area contributed by atoms with Gasteiger partial charge in [0, 0.05) is 0 Å². The summed E-state index contributed by atoms with van der Waals surface area (Å²) in [7, 11) is -3.85. The van der Waals surface area contributed by atoms with Crippen molar-refractivity contribution in [2.45, 2.75) is 16.7 Å². The van der Waals surface area contributed by atoms with Gasteiger partial charge in [0.25, 0.3) is 11.8 Å². The van der Waals surface area contributed by atoms with Crippen molar-refractivity contribution >= 4 is 21.7 Å². The molecule has 0 atom stereocenters. The minimum absolute atomic E-state index is 0.0805. The molecule has 0 aromatic heterocycles. The zero-order valence-electron chi connectivity index (χ0n) is 11.1. The lowest BCUT2D eigenvalue weighted by molar-refractivity contribution is 0.0878. The molecule has 2 amide bonds. The summed E-state index contributed by atoms with van der Waals surface area (Å²) in [6, 6.07) is 10.6. The molecule has 3 rings (SSSR count). The van der Waals surface area contributed by atoms with Gasteiger partial charge in [-0.2, -0.15) is 0 Å². The van der Waals surface area contributed by atoms with E-state index in [1.807, 2.05) is 6.92 Å². The number of fused-ring (bicyclic) bond motifs is 1. The van der Waals surface area contributed by atoms with E-state index in [9.17, 15) is 18.0 Å². The van der Waals surface area contributed by atoms with Crippen molar-refractivity contribution in [3.8, 4) is 0 Å². The van der Waals surface area contributed by atoms with E-state index in [1.165, 1.54) is 30.3 Å². The maximum absolute atomic E-state index is 12.7. The molecule has 21 heavy (non-hydrogen) atoms. The van der Waals surface area contributed by atoms with Crippen LogP contribution in [0.1, 0.15) is 26.3 Å². The van der Waals surface area contributed by atoms with Gasteiger partial charge in [-0.15, -0.1) is 0 Å². The molecule has 1 aliphatic rings. The Morgan fingerprint density at radius 1 is 0.905 bits per heavy atom. The summed E-state index contributed by atoms with van der Waals surface area (Å²) in [5, 5.41) is 2.11. The number of carbonyl (C=O) groups excluding carboxylic acids is 2. The number of carbonyl (C=O) groups is 2. The number of aryl methyl sites for hydroxylation is 1. The van der Waals surface area contributed by atoms with Crippen LogP contribution in [0.25, 0.3) is 0 Å². The summed E-state index contributed by atoms with van der Waals surface area (Å²) in [4.78, 5) is 23.4. The number of hydrogen-bond donors (Lipinski definition) is 1. The molecule has 1 heterocycles. The van der Waals surface area contributed by atoms with E-state index in [2.05, 4.69) is 5.32 Å². The van der Waals surface area contributed by atoms with Crippen LogP contribution in [-0.4, -0.2) is 20.2 Å². The summed E-state index contributed by atoms with van der Waals surface area (Å²) in [6.07, 6.45) is 0. The fourth-order valence-corrected chi connectivity index (χ4v) is 3.73. The first-order valence-corrected chi connectivity index (χ1v) is 7.70. The third-order valence-corrected chi connectivity index (χ3v) is 5.16. The predicted molar refractivity (Wildman–Crippen MR) is 74.9 cm³/mol. The highest BCUT2D eigenvalue weighted by molar-refractivity contribution is 7.91. The molecule has 2 aromatic carbocycles. The third kappa shape index (κ3) is 2.04. The van der Waals surface area contributed by atoms with Crippen molar-refractivity contribution in [2.75, 3.05) is 0 Å². The van der Waals surface area contributed by atoms with Gasteiger partial charge in [0.05, 0.1) is 20.9 Å². The molecule has 6 heteroatoms. The number of amides is 2. The van der Waals surface area contributed by atoms with Crippen LogP contribution in [0.5, 0.6) is 0 Å². The number of hydrogen-bond acceptors (Lipinski definition) is 4. The molecule has 0 unspecified atom stereocenters. The summed E-state index contributed by atoms with van der Waals surface area (Å²) in [5.74, 6) is -1.25. The lowest BCUT2D eigenvalue weighted by atomic mass is 10.1. The standard InChI is InChI=1S/C15H11NO4S/c1-9-5-7-10(8-6-9)21(19,20)12-4-2-3-11-13(12)15(18)16-14(11)17/h2-8H,1H3,(H,16,17,18). The van der Waals surface area contributed by atoms with E-state index in [0.29, 0.717) is 0 Å². The summed E-state index contributed by atoms with van der Waals surface area (Å²) in [5.41, 5.74) is 0.941. The fraction of sp³-hybridized carbons (Fsp3) is 0.0667. The van der Waals surface area contributed by atoms with Crippen molar-refractivity contribution in [1.82, 2.24) is 5.32 Å². The summed E-state index contributed by atoms with van der Waals surface area (Å²) in [6.45, 7) is 1.85. The van der Waals surface area contributed by atoms with Crippen molar-refractivity contribution < 1.29 is 18.0 Å². The van der Waals surface area contributed by atoms with E-state index in [1.54, 1.807) is 12.1 Å². The molecule has 0 fully saturated rings. The summed E-state index contributed by atoms with van der Waals surface area (Å²) < 4.78 is 25.3. The Kier molecular flexibility index (Phi) is 2.91. The molecule has 5 nitrogen and oxygen atoms in total. The Balaban J connectivity index is 2.24. The molecule has 0 saturated carbocycles. The van der Waals surface area contributed by atoms with Gasteiger partial charge in [-0.1, -0.05) is 23.8 Å². The van der Waals surface area contributed by atoms with E-state index < -0.39 is 21.7 Å². The van der Waals surface area contributed by atoms with Crippen LogP contribution in [0.2, 0.25) is 0 Å². The van der Waals surface area contributed by atoms with E-state index in [0.717, 1.165) is 5.56 Å². The third-order valence-electron chi connectivity index (χ3n) is 3.35. The minimum atomic E-state index is -3.85. The fourth-order valence-electron chi connectivity index (χ4n) is 2.26. The summed E-state index contributed by atoms with van der Waals surface area (Å²) >= 11 is 0. The Morgan fingerprint density at radius 2 is 1.57 bits per heavy atom. The van der Waals surface area contributed by atoms with Gasteiger partial charge in [-0.3, -0.25) is 14.9 Å². The van der Waals surface area contributed by atoms with Crippen LogP contribution in [-0.2, 0) is 9.84 Å².